The summed E-state index contributed by atoms with van der Waals surface area (Å²) < 4.78 is 0. The van der Waals surface area contributed by atoms with Crippen LogP contribution >= 0.6 is 0 Å². The van der Waals surface area contributed by atoms with Gasteiger partial charge in [0.1, 0.15) is 0 Å². The largest absolute Gasteiger partial charge is 0.316 e. The Kier molecular flexibility index (Phi) is 4.37. The van der Waals surface area contributed by atoms with E-state index in [-0.39, 0.29) is 0 Å². The second-order valence-corrected chi connectivity index (χ2v) is 5.08. The van der Waals surface area contributed by atoms with E-state index in [1.54, 1.807) is 0 Å². The summed E-state index contributed by atoms with van der Waals surface area (Å²) >= 11 is 0. The lowest BCUT2D eigenvalue weighted by atomic mass is 10.1. The summed E-state index contributed by atoms with van der Waals surface area (Å²) in [6.45, 7) is 10.2. The molecule has 0 bridgehead atoms. The van der Waals surface area contributed by atoms with Crippen molar-refractivity contribution in [2.24, 2.45) is 0 Å². The van der Waals surface area contributed by atoms with Crippen molar-refractivity contribution in [2.45, 2.75) is 40.5 Å². The van der Waals surface area contributed by atoms with Crippen molar-refractivity contribution in [3.05, 3.63) is 33.9 Å². The molecule has 0 atom stereocenters. The average Bonchev–Trinajstić information content (AvgIpc) is 2.86. The van der Waals surface area contributed by atoms with Gasteiger partial charge in [0.2, 0.25) is 0 Å². The van der Waals surface area contributed by atoms with Crippen molar-refractivity contribution >= 4 is 0 Å². The van der Waals surface area contributed by atoms with Gasteiger partial charge in [-0.3, -0.25) is 10.2 Å². The van der Waals surface area contributed by atoms with Crippen LogP contribution in [0.2, 0.25) is 0 Å². The van der Waals surface area contributed by atoms with Crippen LogP contribution in [-0.4, -0.2) is 33.5 Å². The third-order valence-electron chi connectivity index (χ3n) is 3.66. The minimum atomic E-state index is 0.983. The monoisotopic (exact) mass is 261 g/mol. The van der Waals surface area contributed by atoms with Gasteiger partial charge in [-0.15, -0.1) is 0 Å². The van der Waals surface area contributed by atoms with E-state index in [1.807, 2.05) is 0 Å². The van der Waals surface area contributed by atoms with Crippen LogP contribution in [0.5, 0.6) is 0 Å². The predicted octanol–water partition coefficient (Wildman–Crippen LogP) is 1.74. The van der Waals surface area contributed by atoms with Gasteiger partial charge < -0.3 is 5.32 Å². The molecule has 2 heterocycles. The normalized spacial score (nSPS) is 11.2. The highest BCUT2D eigenvalue weighted by molar-refractivity contribution is 5.24. The maximum Gasteiger partial charge on any atom is 0.0626 e. The van der Waals surface area contributed by atoms with Crippen molar-refractivity contribution in [1.82, 2.24) is 25.7 Å². The summed E-state index contributed by atoms with van der Waals surface area (Å²) in [6.07, 6.45) is 2.05. The van der Waals surface area contributed by atoms with Crippen LogP contribution in [0, 0.1) is 27.7 Å². The summed E-state index contributed by atoms with van der Waals surface area (Å²) in [7, 11) is 0. The van der Waals surface area contributed by atoms with Crippen molar-refractivity contribution in [3.63, 3.8) is 0 Å². The molecule has 0 aliphatic rings. The van der Waals surface area contributed by atoms with Gasteiger partial charge in [-0.1, -0.05) is 0 Å². The van der Waals surface area contributed by atoms with Crippen LogP contribution in [0.4, 0.5) is 0 Å². The summed E-state index contributed by atoms with van der Waals surface area (Å²) in [5, 5.41) is 18.0. The molecule has 0 aromatic carbocycles. The molecular weight excluding hydrogens is 238 g/mol. The van der Waals surface area contributed by atoms with E-state index < -0.39 is 0 Å². The third kappa shape index (κ3) is 3.23. The minimum absolute atomic E-state index is 0.983. The molecule has 2 aromatic rings. The molecule has 0 saturated heterocycles. The van der Waals surface area contributed by atoms with E-state index >= 15 is 0 Å². The lowest BCUT2D eigenvalue weighted by Gasteiger charge is -2.05. The fourth-order valence-electron chi connectivity index (χ4n) is 2.44. The lowest BCUT2D eigenvalue weighted by molar-refractivity contribution is 0.677. The number of aryl methyl sites for hydroxylation is 4. The number of aromatic amines is 2. The first-order chi connectivity index (χ1) is 9.09. The van der Waals surface area contributed by atoms with Crippen LogP contribution in [0.15, 0.2) is 0 Å². The Hall–Kier alpha value is -1.62. The summed E-state index contributed by atoms with van der Waals surface area (Å²) in [5.41, 5.74) is 7.26. The second kappa shape index (κ2) is 6.02. The maximum atomic E-state index is 4.21. The molecule has 104 valence electrons. The zero-order valence-electron chi connectivity index (χ0n) is 12.2. The highest BCUT2D eigenvalue weighted by Crippen LogP contribution is 2.10. The molecule has 0 radical (unpaired) electrons. The molecule has 0 saturated carbocycles. The number of nitrogens with one attached hydrogen (secondary N) is 3. The van der Waals surface area contributed by atoms with Gasteiger partial charge in [-0.2, -0.15) is 10.2 Å². The van der Waals surface area contributed by atoms with Crippen molar-refractivity contribution in [1.29, 1.82) is 0 Å². The van der Waals surface area contributed by atoms with Crippen LogP contribution in [0.1, 0.15) is 33.9 Å². The van der Waals surface area contributed by atoms with E-state index in [0.717, 1.165) is 37.3 Å². The van der Waals surface area contributed by atoms with Crippen LogP contribution in [-0.2, 0) is 12.8 Å². The molecular formula is C14H23N5. The molecule has 2 aromatic heterocycles. The number of hydrogen-bond donors (Lipinski definition) is 3. The van der Waals surface area contributed by atoms with E-state index in [9.17, 15) is 0 Å². The van der Waals surface area contributed by atoms with E-state index in [0.29, 0.717) is 0 Å². The smallest absolute Gasteiger partial charge is 0.0626 e. The molecule has 0 unspecified atom stereocenters. The van der Waals surface area contributed by atoms with Gasteiger partial charge in [-0.25, -0.2) is 0 Å². The maximum absolute atomic E-state index is 4.21. The Morgan fingerprint density at radius 1 is 0.789 bits per heavy atom. The van der Waals surface area contributed by atoms with E-state index in [1.165, 1.54) is 22.5 Å². The molecule has 19 heavy (non-hydrogen) atoms. The first-order valence-electron chi connectivity index (χ1n) is 6.81. The van der Waals surface area contributed by atoms with Crippen LogP contribution < -0.4 is 5.32 Å². The Balaban J connectivity index is 1.73. The molecule has 0 fully saturated rings. The number of H-pyrrole nitrogens is 2. The second-order valence-electron chi connectivity index (χ2n) is 5.08. The first-order valence-corrected chi connectivity index (χ1v) is 6.81. The zero-order valence-corrected chi connectivity index (χ0v) is 12.2. The molecule has 2 rings (SSSR count). The topological polar surface area (TPSA) is 69.4 Å². The zero-order chi connectivity index (χ0) is 13.8. The van der Waals surface area contributed by atoms with Gasteiger partial charge >= 0.3 is 0 Å². The number of hydrogen-bond acceptors (Lipinski definition) is 3. The molecule has 0 spiro atoms. The highest BCUT2D eigenvalue weighted by atomic mass is 15.1. The number of aromatic nitrogens is 4. The number of nitrogens with zero attached hydrogens (tertiary/aromatic N) is 2. The van der Waals surface area contributed by atoms with Crippen LogP contribution in [0.3, 0.4) is 0 Å². The third-order valence-corrected chi connectivity index (χ3v) is 3.66. The molecule has 0 aliphatic carbocycles. The summed E-state index contributed by atoms with van der Waals surface area (Å²) in [4.78, 5) is 0. The molecule has 0 amide bonds. The van der Waals surface area contributed by atoms with E-state index in [2.05, 4.69) is 53.4 Å². The lowest BCUT2D eigenvalue weighted by Crippen LogP contribution is -2.20. The predicted molar refractivity (Wildman–Crippen MR) is 76.4 cm³/mol. The average molecular weight is 261 g/mol. The first kappa shape index (κ1) is 13.8. The molecule has 0 aliphatic heterocycles. The Bertz CT molecular complexity index is 451. The van der Waals surface area contributed by atoms with Crippen LogP contribution in [0.25, 0.3) is 0 Å². The number of rotatable bonds is 6. The van der Waals surface area contributed by atoms with Crippen molar-refractivity contribution < 1.29 is 0 Å². The van der Waals surface area contributed by atoms with Gasteiger partial charge in [0, 0.05) is 11.4 Å². The van der Waals surface area contributed by atoms with Crippen molar-refractivity contribution in [2.75, 3.05) is 13.1 Å². The van der Waals surface area contributed by atoms with E-state index in [4.69, 9.17) is 0 Å². The fraction of sp³-hybridized carbons (Fsp3) is 0.571. The Labute approximate surface area is 114 Å². The molecule has 5 nitrogen and oxygen atoms in total. The van der Waals surface area contributed by atoms with Gasteiger partial charge in [0.25, 0.3) is 0 Å². The van der Waals surface area contributed by atoms with Crippen molar-refractivity contribution in [3.8, 4) is 0 Å². The Morgan fingerprint density at radius 2 is 1.21 bits per heavy atom. The van der Waals surface area contributed by atoms with Gasteiger partial charge in [-0.05, 0) is 64.8 Å². The SMILES string of the molecule is Cc1n[nH]c(C)c1CCNCCc1c(C)n[nH]c1C. The Morgan fingerprint density at radius 3 is 1.53 bits per heavy atom. The van der Waals surface area contributed by atoms with Gasteiger partial charge in [0.05, 0.1) is 11.4 Å². The molecule has 5 heteroatoms. The highest BCUT2D eigenvalue weighted by Gasteiger charge is 2.07. The fourth-order valence-corrected chi connectivity index (χ4v) is 2.44. The van der Waals surface area contributed by atoms with Gasteiger partial charge in [0.15, 0.2) is 0 Å². The summed E-state index contributed by atoms with van der Waals surface area (Å²) in [5.74, 6) is 0. The molecule has 3 N–H and O–H groups in total. The summed E-state index contributed by atoms with van der Waals surface area (Å²) in [6, 6.07) is 0. The standard InChI is InChI=1S/C14H23N5/c1-9-13(10(2)17-16-9)5-7-15-8-6-14-11(3)18-19-12(14)4/h15H,5-8H2,1-4H3,(H,16,17)(H,18,19). The minimum Gasteiger partial charge on any atom is -0.316 e. The quantitative estimate of drug-likeness (QED) is 0.694.